The minimum absolute atomic E-state index is 0.0836. The molecule has 0 spiro atoms. The van der Waals surface area contributed by atoms with E-state index in [1.54, 1.807) is 56.9 Å². The molecule has 0 aromatic heterocycles. The highest BCUT2D eigenvalue weighted by molar-refractivity contribution is 6.00. The summed E-state index contributed by atoms with van der Waals surface area (Å²) in [7, 11) is 0. The maximum absolute atomic E-state index is 12.6. The molecule has 1 unspecified atom stereocenters. The number of nitrogens with zero attached hydrogens (tertiary/aromatic N) is 2. The first-order chi connectivity index (χ1) is 14.0. The fourth-order valence-electron chi connectivity index (χ4n) is 3.07. The number of Topliss-reactive ketones (excluding diaryl/α,β-unsaturated/α-hetero) is 1. The van der Waals surface area contributed by atoms with Crippen molar-refractivity contribution >= 4 is 24.0 Å². The lowest BCUT2D eigenvalue weighted by Crippen LogP contribution is -2.40. The van der Waals surface area contributed by atoms with E-state index >= 15 is 0 Å². The summed E-state index contributed by atoms with van der Waals surface area (Å²) in [6.07, 6.45) is 1.29. The van der Waals surface area contributed by atoms with Crippen LogP contribution in [-0.2, 0) is 14.6 Å². The summed E-state index contributed by atoms with van der Waals surface area (Å²) in [6, 6.07) is 6.75. The number of hydrogen-bond acceptors (Lipinski definition) is 5. The van der Waals surface area contributed by atoms with Crippen molar-refractivity contribution in [3.8, 4) is 0 Å². The third kappa shape index (κ3) is 7.59. The fourth-order valence-corrected chi connectivity index (χ4v) is 3.07. The Hall–Kier alpha value is -2.74. The number of amides is 2. The first-order valence-corrected chi connectivity index (χ1v) is 10.1. The van der Waals surface area contributed by atoms with Crippen molar-refractivity contribution in [2.24, 2.45) is 11.0 Å². The summed E-state index contributed by atoms with van der Waals surface area (Å²) in [5, 5.41) is 15.2. The molecule has 2 rings (SSSR count). The molecule has 1 saturated heterocycles. The van der Waals surface area contributed by atoms with Crippen LogP contribution in [0.5, 0.6) is 0 Å². The number of hydrazone groups is 1. The van der Waals surface area contributed by atoms with Crippen LogP contribution >= 0.6 is 0 Å². The third-order valence-corrected chi connectivity index (χ3v) is 4.69. The predicted octanol–water partition coefficient (Wildman–Crippen LogP) is 3.18. The molecule has 1 aromatic carbocycles. The Morgan fingerprint density at radius 2 is 1.80 bits per heavy atom. The molecule has 8 nitrogen and oxygen atoms in total. The van der Waals surface area contributed by atoms with Crippen LogP contribution in [0.15, 0.2) is 29.4 Å². The van der Waals surface area contributed by atoms with Gasteiger partial charge < -0.3 is 9.64 Å². The standard InChI is InChI=1S/C22H30N3O5/c1-15(13-19(27)25-11-9-18(26)10-12-25)20(28)17-7-5-16(6-8-17)14-23-24-21(29)30-22(2,3)4/h5-8,14-15,18H,9-13H2,1-4H3,(H,24,29). The molecular weight excluding hydrogens is 386 g/mol. The van der Waals surface area contributed by atoms with Gasteiger partial charge in [0.2, 0.25) is 5.91 Å². The van der Waals surface area contributed by atoms with Gasteiger partial charge in [0.15, 0.2) is 5.78 Å². The van der Waals surface area contributed by atoms with E-state index in [1.165, 1.54) is 6.21 Å². The number of ketones is 1. The molecule has 1 aromatic rings. The minimum atomic E-state index is -0.650. The predicted molar refractivity (Wildman–Crippen MR) is 112 cm³/mol. The number of carbonyl (C=O) groups is 3. The van der Waals surface area contributed by atoms with Crippen molar-refractivity contribution in [2.75, 3.05) is 13.1 Å². The van der Waals surface area contributed by atoms with Crippen LogP contribution in [0.3, 0.4) is 0 Å². The van der Waals surface area contributed by atoms with Gasteiger partial charge in [-0.25, -0.2) is 15.3 Å². The van der Waals surface area contributed by atoms with Gasteiger partial charge in [0.25, 0.3) is 0 Å². The largest absolute Gasteiger partial charge is 0.443 e. The number of hydrogen-bond donors (Lipinski definition) is 1. The lowest BCUT2D eigenvalue weighted by Gasteiger charge is -2.29. The van der Waals surface area contributed by atoms with Crippen LogP contribution in [-0.4, -0.2) is 53.7 Å². The van der Waals surface area contributed by atoms with E-state index < -0.39 is 23.7 Å². The van der Waals surface area contributed by atoms with Gasteiger partial charge in [-0.05, 0) is 39.2 Å². The Kier molecular flexibility index (Phi) is 8.11. The monoisotopic (exact) mass is 416 g/mol. The topological polar surface area (TPSA) is 108 Å². The van der Waals surface area contributed by atoms with Crippen LogP contribution in [0.25, 0.3) is 0 Å². The maximum Gasteiger partial charge on any atom is 0.428 e. The number of ether oxygens (including phenoxy) is 1. The lowest BCUT2D eigenvalue weighted by molar-refractivity contribution is -0.134. The number of carbonyl (C=O) groups excluding carboxylic acids is 3. The van der Waals surface area contributed by atoms with Crippen molar-refractivity contribution in [1.29, 1.82) is 0 Å². The summed E-state index contributed by atoms with van der Waals surface area (Å²) in [4.78, 5) is 38.2. The molecule has 2 amide bonds. The molecule has 0 aliphatic carbocycles. The van der Waals surface area contributed by atoms with Crippen LogP contribution in [0.2, 0.25) is 0 Å². The number of rotatable bonds is 6. The number of nitrogens with one attached hydrogen (secondary N) is 1. The zero-order valence-corrected chi connectivity index (χ0v) is 18.0. The molecule has 1 atom stereocenters. The van der Waals surface area contributed by atoms with Crippen molar-refractivity contribution in [1.82, 2.24) is 10.3 Å². The van der Waals surface area contributed by atoms with Crippen LogP contribution in [0, 0.1) is 5.92 Å². The quantitative estimate of drug-likeness (QED) is 0.436. The molecular formula is C22H30N3O5. The van der Waals surface area contributed by atoms with Crippen molar-refractivity contribution in [2.45, 2.75) is 58.7 Å². The molecule has 30 heavy (non-hydrogen) atoms. The van der Waals surface area contributed by atoms with Crippen LogP contribution in [0.4, 0.5) is 4.79 Å². The Bertz CT molecular complexity index is 775. The third-order valence-electron chi connectivity index (χ3n) is 4.69. The smallest absolute Gasteiger partial charge is 0.428 e. The van der Waals surface area contributed by atoms with Gasteiger partial charge in [0.1, 0.15) is 5.60 Å². The van der Waals surface area contributed by atoms with E-state index in [4.69, 9.17) is 4.74 Å². The minimum Gasteiger partial charge on any atom is -0.443 e. The van der Waals surface area contributed by atoms with E-state index in [-0.39, 0.29) is 18.1 Å². The SMILES string of the molecule is CC(CC(=O)N1CCC([O])CC1)C(=O)c1ccc(C=NNC(=O)OC(C)(C)C)cc1. The maximum atomic E-state index is 12.6. The van der Waals surface area contributed by atoms with Gasteiger partial charge in [-0.15, -0.1) is 0 Å². The van der Waals surface area contributed by atoms with Crippen molar-refractivity contribution < 1.29 is 24.2 Å². The highest BCUT2D eigenvalue weighted by atomic mass is 16.6. The molecule has 1 fully saturated rings. The van der Waals surface area contributed by atoms with E-state index in [9.17, 15) is 19.5 Å². The Balaban J connectivity index is 1.85. The lowest BCUT2D eigenvalue weighted by atomic mass is 9.95. The fraction of sp³-hybridized carbons (Fsp3) is 0.545. The zero-order valence-electron chi connectivity index (χ0n) is 18.0. The first kappa shape index (κ1) is 23.5. The summed E-state index contributed by atoms with van der Waals surface area (Å²) in [5.41, 5.74) is 2.88. The summed E-state index contributed by atoms with van der Waals surface area (Å²) in [5.74, 6) is -0.645. The summed E-state index contributed by atoms with van der Waals surface area (Å²) < 4.78 is 5.08. The van der Waals surface area contributed by atoms with E-state index in [0.29, 0.717) is 37.1 Å². The number of piperidine rings is 1. The van der Waals surface area contributed by atoms with Crippen LogP contribution in [0.1, 0.15) is 62.9 Å². The zero-order chi connectivity index (χ0) is 22.3. The van der Waals surface area contributed by atoms with Crippen molar-refractivity contribution in [3.63, 3.8) is 0 Å². The molecule has 1 heterocycles. The van der Waals surface area contributed by atoms with E-state index in [1.807, 2.05) is 0 Å². The molecule has 1 aliphatic heterocycles. The van der Waals surface area contributed by atoms with Gasteiger partial charge in [-0.2, -0.15) is 5.10 Å². The number of likely N-dealkylation sites (tertiary alicyclic amines) is 1. The second kappa shape index (κ2) is 10.3. The second-order valence-corrected chi connectivity index (χ2v) is 8.54. The Labute approximate surface area is 177 Å². The normalized spacial score (nSPS) is 16.4. The average Bonchev–Trinajstić information content (AvgIpc) is 2.67. The molecule has 8 heteroatoms. The van der Waals surface area contributed by atoms with E-state index in [0.717, 1.165) is 0 Å². The van der Waals surface area contributed by atoms with Crippen LogP contribution < -0.4 is 5.43 Å². The van der Waals surface area contributed by atoms with Gasteiger partial charge >= 0.3 is 6.09 Å². The molecule has 0 saturated carbocycles. The van der Waals surface area contributed by atoms with Gasteiger partial charge in [-0.3, -0.25) is 9.59 Å². The van der Waals surface area contributed by atoms with Gasteiger partial charge in [0.05, 0.1) is 12.3 Å². The molecule has 1 radical (unpaired) electrons. The Morgan fingerprint density at radius 1 is 1.20 bits per heavy atom. The Morgan fingerprint density at radius 3 is 2.37 bits per heavy atom. The van der Waals surface area contributed by atoms with Gasteiger partial charge in [-0.1, -0.05) is 31.2 Å². The van der Waals surface area contributed by atoms with E-state index in [2.05, 4.69) is 10.5 Å². The highest BCUT2D eigenvalue weighted by Crippen LogP contribution is 2.17. The highest BCUT2D eigenvalue weighted by Gasteiger charge is 2.25. The average molecular weight is 416 g/mol. The van der Waals surface area contributed by atoms with Crippen molar-refractivity contribution in [3.05, 3.63) is 35.4 Å². The number of benzene rings is 1. The second-order valence-electron chi connectivity index (χ2n) is 8.54. The summed E-state index contributed by atoms with van der Waals surface area (Å²) >= 11 is 0. The molecule has 1 N–H and O–H groups in total. The molecule has 1 aliphatic rings. The first-order valence-electron chi connectivity index (χ1n) is 10.1. The van der Waals surface area contributed by atoms with Gasteiger partial charge in [0, 0.05) is 31.0 Å². The molecule has 0 bridgehead atoms. The summed E-state index contributed by atoms with van der Waals surface area (Å²) in [6.45, 7) is 7.96. The molecule has 163 valence electrons.